The van der Waals surface area contributed by atoms with Crippen molar-refractivity contribution in [1.29, 1.82) is 5.26 Å². The van der Waals surface area contributed by atoms with Crippen molar-refractivity contribution in [2.75, 3.05) is 5.32 Å². The fourth-order valence-corrected chi connectivity index (χ4v) is 3.02. The summed E-state index contributed by atoms with van der Waals surface area (Å²) in [5.41, 5.74) is -1.15. The molecule has 11 heteroatoms. The lowest BCUT2D eigenvalue weighted by Crippen LogP contribution is -2.15. The van der Waals surface area contributed by atoms with Crippen molar-refractivity contribution < 1.29 is 27.3 Å². The highest BCUT2D eigenvalue weighted by molar-refractivity contribution is 6.34. The lowest BCUT2D eigenvalue weighted by molar-refractivity contribution is -0.384. The van der Waals surface area contributed by atoms with Crippen molar-refractivity contribution in [1.82, 2.24) is 0 Å². The molecular weight excluding hydrogens is 463 g/mol. The Balaban J connectivity index is 1.89. The number of rotatable bonds is 5. The van der Waals surface area contributed by atoms with Crippen LogP contribution in [0.2, 0.25) is 5.02 Å². The van der Waals surface area contributed by atoms with Crippen LogP contribution in [0.25, 0.3) is 17.4 Å². The zero-order valence-electron chi connectivity index (χ0n) is 16.7. The Morgan fingerprint density at radius 3 is 2.58 bits per heavy atom. The zero-order valence-corrected chi connectivity index (χ0v) is 17.5. The summed E-state index contributed by atoms with van der Waals surface area (Å²) in [6.07, 6.45) is -3.60. The third-order valence-electron chi connectivity index (χ3n) is 4.44. The predicted octanol–water partition coefficient (Wildman–Crippen LogP) is 6.38. The molecule has 7 nitrogen and oxygen atoms in total. The van der Waals surface area contributed by atoms with Gasteiger partial charge in [-0.05, 0) is 48.9 Å². The summed E-state index contributed by atoms with van der Waals surface area (Å²) in [5.74, 6) is -0.855. The Morgan fingerprint density at radius 2 is 1.94 bits per heavy atom. The quantitative estimate of drug-likeness (QED) is 0.199. The van der Waals surface area contributed by atoms with E-state index in [0.29, 0.717) is 11.6 Å². The molecule has 0 radical (unpaired) electrons. The van der Waals surface area contributed by atoms with E-state index in [-0.39, 0.29) is 33.5 Å². The minimum absolute atomic E-state index is 0.0294. The van der Waals surface area contributed by atoms with Gasteiger partial charge in [-0.3, -0.25) is 14.9 Å². The first kappa shape index (κ1) is 23.6. The first-order valence-electron chi connectivity index (χ1n) is 9.14. The van der Waals surface area contributed by atoms with Crippen LogP contribution in [-0.2, 0) is 11.0 Å². The molecule has 1 heterocycles. The lowest BCUT2D eigenvalue weighted by Gasteiger charge is -2.11. The number of nitro benzene ring substituents is 1. The molecule has 0 aliphatic heterocycles. The van der Waals surface area contributed by atoms with Gasteiger partial charge in [0.05, 0.1) is 26.8 Å². The van der Waals surface area contributed by atoms with Gasteiger partial charge in [0.1, 0.15) is 23.2 Å². The molecule has 1 N–H and O–H groups in total. The molecule has 0 saturated carbocycles. The average Bonchev–Trinajstić information content (AvgIpc) is 3.21. The van der Waals surface area contributed by atoms with Crippen molar-refractivity contribution in [3.05, 3.63) is 86.1 Å². The smallest absolute Gasteiger partial charge is 0.416 e. The van der Waals surface area contributed by atoms with Crippen molar-refractivity contribution >= 4 is 35.0 Å². The predicted molar refractivity (Wildman–Crippen MR) is 114 cm³/mol. The molecule has 0 bridgehead atoms. The van der Waals surface area contributed by atoms with E-state index in [0.717, 1.165) is 18.2 Å². The van der Waals surface area contributed by atoms with Gasteiger partial charge in [0.2, 0.25) is 0 Å². The first-order valence-corrected chi connectivity index (χ1v) is 9.52. The SMILES string of the molecule is Cc1ccc(-c2ccc(C=C(C#N)C(=O)Nc3cc(C(F)(F)F)ccc3Cl)o2)c([N+](=O)[O-])c1. The van der Waals surface area contributed by atoms with Gasteiger partial charge in [-0.25, -0.2) is 0 Å². The lowest BCUT2D eigenvalue weighted by atomic mass is 10.1. The van der Waals surface area contributed by atoms with E-state index in [1.807, 2.05) is 0 Å². The normalized spacial score (nSPS) is 11.7. The van der Waals surface area contributed by atoms with Crippen molar-refractivity contribution in [2.45, 2.75) is 13.1 Å². The van der Waals surface area contributed by atoms with E-state index >= 15 is 0 Å². The number of amides is 1. The Kier molecular flexibility index (Phi) is 6.55. The molecule has 1 amide bonds. The van der Waals surface area contributed by atoms with Crippen molar-refractivity contribution in [3.8, 4) is 17.4 Å². The monoisotopic (exact) mass is 475 g/mol. The third kappa shape index (κ3) is 5.39. The van der Waals surface area contributed by atoms with Crippen molar-refractivity contribution in [3.63, 3.8) is 0 Å². The molecule has 33 heavy (non-hydrogen) atoms. The molecule has 0 aliphatic carbocycles. The maximum atomic E-state index is 12.9. The van der Waals surface area contributed by atoms with Gasteiger partial charge in [0.15, 0.2) is 0 Å². The summed E-state index contributed by atoms with van der Waals surface area (Å²) in [7, 11) is 0. The summed E-state index contributed by atoms with van der Waals surface area (Å²) in [6.45, 7) is 1.70. The Morgan fingerprint density at radius 1 is 1.21 bits per heavy atom. The Labute approximate surface area is 189 Å². The number of furan rings is 1. The van der Waals surface area contributed by atoms with Gasteiger partial charge >= 0.3 is 6.18 Å². The number of nitrogens with zero attached hydrogens (tertiary/aromatic N) is 2. The number of alkyl halides is 3. The molecule has 168 valence electrons. The molecule has 0 saturated heterocycles. The van der Waals surface area contributed by atoms with Gasteiger partial charge in [0.25, 0.3) is 11.6 Å². The number of anilines is 1. The van der Waals surface area contributed by atoms with E-state index in [1.54, 1.807) is 19.1 Å². The maximum absolute atomic E-state index is 12.9. The molecule has 3 aromatic rings. The topological polar surface area (TPSA) is 109 Å². The van der Waals surface area contributed by atoms with E-state index in [4.69, 9.17) is 16.0 Å². The molecule has 0 unspecified atom stereocenters. The number of halogens is 4. The Bertz CT molecular complexity index is 1320. The fraction of sp³-hybridized carbons (Fsp3) is 0.0909. The first-order chi connectivity index (χ1) is 15.5. The van der Waals surface area contributed by atoms with Crippen molar-refractivity contribution in [2.24, 2.45) is 0 Å². The number of nitro groups is 1. The highest BCUT2D eigenvalue weighted by atomic mass is 35.5. The van der Waals surface area contributed by atoms with E-state index in [9.17, 15) is 33.3 Å². The van der Waals surface area contributed by atoms with E-state index in [1.165, 1.54) is 24.3 Å². The second-order valence-corrected chi connectivity index (χ2v) is 7.20. The van der Waals surface area contributed by atoms with Gasteiger partial charge < -0.3 is 9.73 Å². The van der Waals surface area contributed by atoms with Crippen LogP contribution in [-0.4, -0.2) is 10.8 Å². The summed E-state index contributed by atoms with van der Waals surface area (Å²) in [6, 6.07) is 11.4. The van der Waals surface area contributed by atoms with Crippen LogP contribution in [0.1, 0.15) is 16.9 Å². The summed E-state index contributed by atoms with van der Waals surface area (Å²) in [4.78, 5) is 23.2. The van der Waals surface area contributed by atoms with Gasteiger partial charge in [-0.2, -0.15) is 18.4 Å². The molecular formula is C22H13ClF3N3O4. The minimum atomic E-state index is -4.65. The zero-order chi connectivity index (χ0) is 24.3. The summed E-state index contributed by atoms with van der Waals surface area (Å²) < 4.78 is 44.3. The third-order valence-corrected chi connectivity index (χ3v) is 4.77. The molecule has 0 aliphatic rings. The maximum Gasteiger partial charge on any atom is 0.416 e. The number of nitrogens with one attached hydrogen (secondary N) is 1. The average molecular weight is 476 g/mol. The van der Waals surface area contributed by atoms with Crippen LogP contribution < -0.4 is 5.32 Å². The second-order valence-electron chi connectivity index (χ2n) is 6.80. The van der Waals surface area contributed by atoms with Crippen LogP contribution in [0.5, 0.6) is 0 Å². The molecule has 1 aromatic heterocycles. The largest absolute Gasteiger partial charge is 0.456 e. The van der Waals surface area contributed by atoms with Crippen LogP contribution in [0.4, 0.5) is 24.5 Å². The highest BCUT2D eigenvalue weighted by Gasteiger charge is 2.31. The van der Waals surface area contributed by atoms with Crippen LogP contribution in [0, 0.1) is 28.4 Å². The minimum Gasteiger partial charge on any atom is -0.456 e. The fourth-order valence-electron chi connectivity index (χ4n) is 2.85. The number of hydrogen-bond acceptors (Lipinski definition) is 5. The number of aryl methyl sites for hydroxylation is 1. The van der Waals surface area contributed by atoms with E-state index < -0.39 is 28.1 Å². The standard InChI is InChI=1S/C22H13ClF3N3O4/c1-12-2-5-16(19(8-12)29(31)32)20-7-4-15(33-20)9-13(11-27)21(30)28-18-10-14(22(24,25)26)3-6-17(18)23/h2-10H,1H3,(H,28,30). The number of carbonyl (C=O) groups excluding carboxylic acids is 1. The number of carbonyl (C=O) groups is 1. The molecule has 3 rings (SSSR count). The van der Waals surface area contributed by atoms with Crippen LogP contribution in [0.15, 0.2) is 58.5 Å². The highest BCUT2D eigenvalue weighted by Crippen LogP contribution is 2.35. The van der Waals surface area contributed by atoms with Gasteiger partial charge in [0, 0.05) is 12.1 Å². The van der Waals surface area contributed by atoms with E-state index in [2.05, 4.69) is 5.32 Å². The van der Waals surface area contributed by atoms with Crippen LogP contribution >= 0.6 is 11.6 Å². The van der Waals surface area contributed by atoms with Gasteiger partial charge in [-0.15, -0.1) is 0 Å². The summed E-state index contributed by atoms with van der Waals surface area (Å²) >= 11 is 5.86. The number of benzene rings is 2. The number of hydrogen-bond donors (Lipinski definition) is 1. The molecule has 0 atom stereocenters. The molecule has 0 fully saturated rings. The number of nitriles is 1. The second kappa shape index (κ2) is 9.18. The molecule has 0 spiro atoms. The molecule has 2 aromatic carbocycles. The van der Waals surface area contributed by atoms with Gasteiger partial charge in [-0.1, -0.05) is 17.7 Å². The summed E-state index contributed by atoms with van der Waals surface area (Å²) in [5, 5.41) is 22.7. The van der Waals surface area contributed by atoms with Crippen LogP contribution in [0.3, 0.4) is 0 Å². The Hall–Kier alpha value is -4.10.